The van der Waals surface area contributed by atoms with Gasteiger partial charge in [-0.15, -0.1) is 0 Å². The number of carboxylic acids is 1. The van der Waals surface area contributed by atoms with Gasteiger partial charge in [0.25, 0.3) is 0 Å². The standard InChI is InChI=1S/C5H10O2.Gd/c1-5(2,3)4(6)7;/h1-3H3,(H,6,7);. The number of carbonyl (C=O) groups is 1. The minimum atomic E-state index is -0.757. The molecule has 1 N–H and O–H groups in total. The second kappa shape index (κ2) is 3.75. The van der Waals surface area contributed by atoms with E-state index in [1.54, 1.807) is 20.8 Å². The van der Waals surface area contributed by atoms with Gasteiger partial charge in [-0.25, -0.2) is 0 Å². The van der Waals surface area contributed by atoms with Gasteiger partial charge in [-0.3, -0.25) is 4.79 Å². The predicted octanol–water partition coefficient (Wildman–Crippen LogP) is 1.12. The zero-order valence-corrected chi connectivity index (χ0v) is 7.48. The first-order chi connectivity index (χ1) is 2.94. The van der Waals surface area contributed by atoms with E-state index in [0.29, 0.717) is 0 Å². The molecule has 0 rings (SSSR count). The number of hydrogen-bond acceptors (Lipinski definition) is 1. The molecule has 0 aromatic rings. The Labute approximate surface area is 81.3 Å². The fourth-order valence-electron chi connectivity index (χ4n) is 0. The maximum absolute atomic E-state index is 10.0. The van der Waals surface area contributed by atoms with Crippen LogP contribution in [0.25, 0.3) is 0 Å². The summed E-state index contributed by atoms with van der Waals surface area (Å²) in [7, 11) is 0. The van der Waals surface area contributed by atoms with E-state index in [1.807, 2.05) is 0 Å². The zero-order valence-electron chi connectivity index (χ0n) is 5.21. The van der Waals surface area contributed by atoms with E-state index in [4.69, 9.17) is 5.11 Å². The number of aliphatic carboxylic acids is 1. The van der Waals surface area contributed by atoms with Crippen LogP contribution in [0.2, 0.25) is 0 Å². The van der Waals surface area contributed by atoms with Crippen molar-refractivity contribution >= 4 is 5.97 Å². The summed E-state index contributed by atoms with van der Waals surface area (Å²) in [6.07, 6.45) is 0. The molecule has 0 aliphatic rings. The third kappa shape index (κ3) is 4.94. The van der Waals surface area contributed by atoms with Gasteiger partial charge in [-0.1, -0.05) is 0 Å². The van der Waals surface area contributed by atoms with Crippen molar-refractivity contribution in [3.05, 3.63) is 0 Å². The molecule has 0 aliphatic heterocycles. The second-order valence-corrected chi connectivity index (χ2v) is 2.56. The first kappa shape index (κ1) is 11.6. The van der Waals surface area contributed by atoms with Crippen LogP contribution < -0.4 is 0 Å². The van der Waals surface area contributed by atoms with Crippen LogP contribution in [-0.4, -0.2) is 11.1 Å². The smallest absolute Gasteiger partial charge is 0.308 e. The van der Waals surface area contributed by atoms with E-state index in [0.717, 1.165) is 0 Å². The van der Waals surface area contributed by atoms with E-state index < -0.39 is 11.4 Å². The first-order valence-corrected chi connectivity index (χ1v) is 2.18. The topological polar surface area (TPSA) is 37.3 Å². The first-order valence-electron chi connectivity index (χ1n) is 2.18. The Morgan fingerprint density at radius 2 is 1.50 bits per heavy atom. The van der Waals surface area contributed by atoms with Crippen LogP contribution >= 0.6 is 0 Å². The summed E-state index contributed by atoms with van der Waals surface area (Å²) >= 11 is 0. The van der Waals surface area contributed by atoms with Crippen molar-refractivity contribution in [1.29, 1.82) is 0 Å². The van der Waals surface area contributed by atoms with Crippen molar-refractivity contribution < 1.29 is 49.8 Å². The van der Waals surface area contributed by atoms with Gasteiger partial charge < -0.3 is 5.11 Å². The summed E-state index contributed by atoms with van der Waals surface area (Å²) in [6, 6.07) is 0. The summed E-state index contributed by atoms with van der Waals surface area (Å²) in [5, 5.41) is 8.25. The van der Waals surface area contributed by atoms with E-state index in [-0.39, 0.29) is 39.9 Å². The molecule has 50 valence electrons. The van der Waals surface area contributed by atoms with E-state index in [2.05, 4.69) is 0 Å². The molecule has 0 aromatic heterocycles. The second-order valence-electron chi connectivity index (χ2n) is 2.56. The molecule has 0 fully saturated rings. The largest absolute Gasteiger partial charge is 0.481 e. The molecule has 0 atom stereocenters. The third-order valence-corrected chi connectivity index (χ3v) is 0.642. The molecule has 0 unspecified atom stereocenters. The van der Waals surface area contributed by atoms with Gasteiger partial charge >= 0.3 is 5.97 Å². The quantitative estimate of drug-likeness (QED) is 0.708. The molecular formula is C5H10GdO2. The summed E-state index contributed by atoms with van der Waals surface area (Å²) in [5.74, 6) is -0.757. The van der Waals surface area contributed by atoms with Gasteiger partial charge in [0, 0.05) is 39.9 Å². The van der Waals surface area contributed by atoms with Crippen molar-refractivity contribution in [3.63, 3.8) is 0 Å². The van der Waals surface area contributed by atoms with Crippen LogP contribution in [0.1, 0.15) is 20.8 Å². The normalized spacial score (nSPS) is 9.88. The Balaban J connectivity index is 0. The van der Waals surface area contributed by atoms with Gasteiger partial charge in [0.15, 0.2) is 0 Å². The minimum Gasteiger partial charge on any atom is -0.481 e. The van der Waals surface area contributed by atoms with Gasteiger partial charge in [0.2, 0.25) is 0 Å². The Morgan fingerprint density at radius 3 is 1.50 bits per heavy atom. The molecule has 0 radical (unpaired) electrons. The molecule has 0 aliphatic carbocycles. The van der Waals surface area contributed by atoms with Crippen molar-refractivity contribution in [2.45, 2.75) is 20.8 Å². The summed E-state index contributed by atoms with van der Waals surface area (Å²) < 4.78 is 0. The maximum atomic E-state index is 10.0. The van der Waals surface area contributed by atoms with E-state index in [9.17, 15) is 4.79 Å². The van der Waals surface area contributed by atoms with Gasteiger partial charge in [0.1, 0.15) is 0 Å². The fourth-order valence-corrected chi connectivity index (χ4v) is 0. The molecule has 8 heavy (non-hydrogen) atoms. The number of hydrogen-bond donors (Lipinski definition) is 1. The van der Waals surface area contributed by atoms with Gasteiger partial charge in [0.05, 0.1) is 5.41 Å². The minimum absolute atomic E-state index is 0. The van der Waals surface area contributed by atoms with Crippen LogP contribution in [-0.2, 0) is 4.79 Å². The monoisotopic (exact) mass is 260 g/mol. The third-order valence-electron chi connectivity index (χ3n) is 0.642. The molecule has 0 aromatic carbocycles. The maximum Gasteiger partial charge on any atom is 0.308 e. The Morgan fingerprint density at radius 1 is 1.38 bits per heavy atom. The van der Waals surface area contributed by atoms with Crippen molar-refractivity contribution in [1.82, 2.24) is 0 Å². The molecule has 2 nitrogen and oxygen atoms in total. The average Bonchev–Trinajstić information content (AvgIpc) is 1.31. The van der Waals surface area contributed by atoms with Crippen molar-refractivity contribution in [2.24, 2.45) is 5.41 Å². The summed E-state index contributed by atoms with van der Waals surface area (Å²) in [4.78, 5) is 10.0. The molecule has 0 spiro atoms. The SMILES string of the molecule is CC(C)(C)C(=O)O.[Gd]. The Kier molecular flexibility index (Phi) is 5.43. The number of carboxylic acid groups (broad SMARTS) is 1. The molecule has 0 amide bonds. The number of rotatable bonds is 0. The Hall–Kier alpha value is 0.795. The van der Waals surface area contributed by atoms with E-state index >= 15 is 0 Å². The Bertz CT molecular complexity index is 82.9. The molecular weight excluding hydrogens is 249 g/mol. The summed E-state index contributed by atoms with van der Waals surface area (Å²) in [5.41, 5.74) is -0.583. The van der Waals surface area contributed by atoms with Crippen molar-refractivity contribution in [2.75, 3.05) is 0 Å². The van der Waals surface area contributed by atoms with Crippen LogP contribution in [0, 0.1) is 45.4 Å². The van der Waals surface area contributed by atoms with E-state index in [1.165, 1.54) is 0 Å². The average molecular weight is 259 g/mol. The fraction of sp³-hybridized carbons (Fsp3) is 0.800. The van der Waals surface area contributed by atoms with Crippen molar-refractivity contribution in [3.8, 4) is 0 Å². The predicted molar refractivity (Wildman–Crippen MR) is 27.1 cm³/mol. The molecule has 0 bridgehead atoms. The van der Waals surface area contributed by atoms with Crippen LogP contribution in [0.4, 0.5) is 0 Å². The van der Waals surface area contributed by atoms with Crippen LogP contribution in [0.3, 0.4) is 0 Å². The molecule has 0 saturated heterocycles. The van der Waals surface area contributed by atoms with Gasteiger partial charge in [-0.05, 0) is 20.8 Å². The zero-order chi connectivity index (χ0) is 6.08. The molecule has 0 heterocycles. The summed E-state index contributed by atoms with van der Waals surface area (Å²) in [6.45, 7) is 4.99. The van der Waals surface area contributed by atoms with Gasteiger partial charge in [-0.2, -0.15) is 0 Å². The van der Waals surface area contributed by atoms with Crippen LogP contribution in [0.15, 0.2) is 0 Å². The molecule has 3 heteroatoms. The molecule has 0 saturated carbocycles. The van der Waals surface area contributed by atoms with Crippen LogP contribution in [0.5, 0.6) is 0 Å².